The molecule has 2 unspecified atom stereocenters. The molecule has 0 aromatic heterocycles. The van der Waals surface area contributed by atoms with Gasteiger partial charge in [0.1, 0.15) is 11.6 Å². The van der Waals surface area contributed by atoms with E-state index < -0.39 is 17.6 Å². The fraction of sp³-hybridized carbons (Fsp3) is 0.263. The summed E-state index contributed by atoms with van der Waals surface area (Å²) in [5.41, 5.74) is 1.75. The van der Waals surface area contributed by atoms with E-state index in [2.05, 4.69) is 5.32 Å². The molecule has 0 aliphatic heterocycles. The first kappa shape index (κ1) is 18.4. The molecule has 0 radical (unpaired) electrons. The Morgan fingerprint density at radius 1 is 1.19 bits per heavy atom. The van der Waals surface area contributed by atoms with Crippen LogP contribution in [0.25, 0.3) is 0 Å². The summed E-state index contributed by atoms with van der Waals surface area (Å²) in [6.07, 6.45) is 0.486. The second-order valence-electron chi connectivity index (χ2n) is 6.19. The minimum atomic E-state index is -0.871. The van der Waals surface area contributed by atoms with E-state index >= 15 is 0 Å². The SMILES string of the molecule is O=C(O)CSCc1cccc(NC(=O)C2CC2c2cc(F)ccc2F)c1. The number of nitrogens with one attached hydrogen (secondary N) is 1. The Bertz CT molecular complexity index is 843. The Balaban J connectivity index is 1.59. The van der Waals surface area contributed by atoms with Crippen molar-refractivity contribution >= 4 is 29.3 Å². The zero-order valence-corrected chi connectivity index (χ0v) is 14.6. The zero-order chi connectivity index (χ0) is 18.7. The molecule has 1 aliphatic carbocycles. The molecule has 0 bridgehead atoms. The van der Waals surface area contributed by atoms with Crippen LogP contribution in [0.4, 0.5) is 14.5 Å². The Kier molecular flexibility index (Phi) is 5.56. The van der Waals surface area contributed by atoms with E-state index in [9.17, 15) is 18.4 Å². The minimum absolute atomic E-state index is 0.0134. The molecule has 2 atom stereocenters. The number of carboxylic acids is 1. The molecule has 7 heteroatoms. The summed E-state index contributed by atoms with van der Waals surface area (Å²) in [6, 6.07) is 10.4. The molecule has 2 aromatic rings. The van der Waals surface area contributed by atoms with E-state index in [0.29, 0.717) is 17.9 Å². The van der Waals surface area contributed by atoms with Crippen LogP contribution in [-0.4, -0.2) is 22.7 Å². The average molecular weight is 377 g/mol. The van der Waals surface area contributed by atoms with Gasteiger partial charge in [0, 0.05) is 17.4 Å². The van der Waals surface area contributed by atoms with Crippen molar-refractivity contribution in [2.45, 2.75) is 18.1 Å². The number of halogens is 2. The topological polar surface area (TPSA) is 66.4 Å². The summed E-state index contributed by atoms with van der Waals surface area (Å²) < 4.78 is 27.1. The molecule has 26 heavy (non-hydrogen) atoms. The van der Waals surface area contributed by atoms with Crippen LogP contribution in [-0.2, 0) is 15.3 Å². The molecule has 136 valence electrons. The Labute approximate surface area is 153 Å². The summed E-state index contributed by atoms with van der Waals surface area (Å²) in [6.45, 7) is 0. The lowest BCUT2D eigenvalue weighted by Gasteiger charge is -2.08. The van der Waals surface area contributed by atoms with Gasteiger partial charge in [-0.15, -0.1) is 11.8 Å². The number of anilines is 1. The van der Waals surface area contributed by atoms with Gasteiger partial charge in [0.15, 0.2) is 0 Å². The van der Waals surface area contributed by atoms with Crippen LogP contribution in [0.3, 0.4) is 0 Å². The second kappa shape index (κ2) is 7.86. The number of hydrogen-bond acceptors (Lipinski definition) is 3. The highest BCUT2D eigenvalue weighted by Gasteiger charge is 2.45. The summed E-state index contributed by atoms with van der Waals surface area (Å²) in [5, 5.41) is 11.5. The van der Waals surface area contributed by atoms with Gasteiger partial charge in [-0.1, -0.05) is 12.1 Å². The molecule has 1 saturated carbocycles. The van der Waals surface area contributed by atoms with Crippen molar-refractivity contribution < 1.29 is 23.5 Å². The van der Waals surface area contributed by atoms with E-state index in [-0.39, 0.29) is 29.1 Å². The van der Waals surface area contributed by atoms with E-state index in [4.69, 9.17) is 5.11 Å². The van der Waals surface area contributed by atoms with Crippen molar-refractivity contribution in [2.24, 2.45) is 5.92 Å². The highest BCUT2D eigenvalue weighted by Crippen LogP contribution is 2.49. The summed E-state index contributed by atoms with van der Waals surface area (Å²) in [4.78, 5) is 22.9. The largest absolute Gasteiger partial charge is 0.481 e. The molecule has 2 N–H and O–H groups in total. The first-order valence-electron chi connectivity index (χ1n) is 8.08. The van der Waals surface area contributed by atoms with Crippen LogP contribution in [0, 0.1) is 17.6 Å². The number of aliphatic carboxylic acids is 1. The maximum atomic E-state index is 13.8. The number of hydrogen-bond donors (Lipinski definition) is 2. The predicted molar refractivity (Wildman–Crippen MR) is 96.1 cm³/mol. The lowest BCUT2D eigenvalue weighted by Crippen LogP contribution is -2.14. The van der Waals surface area contributed by atoms with Crippen LogP contribution in [0.1, 0.15) is 23.5 Å². The lowest BCUT2D eigenvalue weighted by molar-refractivity contribution is -0.133. The van der Waals surface area contributed by atoms with Gasteiger partial charge < -0.3 is 10.4 Å². The quantitative estimate of drug-likeness (QED) is 0.765. The van der Waals surface area contributed by atoms with Crippen molar-refractivity contribution in [1.29, 1.82) is 0 Å². The van der Waals surface area contributed by atoms with E-state index in [0.717, 1.165) is 23.8 Å². The number of carbonyl (C=O) groups excluding carboxylic acids is 1. The van der Waals surface area contributed by atoms with Crippen molar-refractivity contribution in [3.63, 3.8) is 0 Å². The summed E-state index contributed by atoms with van der Waals surface area (Å²) in [7, 11) is 0. The van der Waals surface area contributed by atoms with Crippen molar-refractivity contribution in [3.8, 4) is 0 Å². The third-order valence-corrected chi connectivity index (χ3v) is 5.16. The van der Waals surface area contributed by atoms with Gasteiger partial charge in [0.25, 0.3) is 0 Å². The average Bonchev–Trinajstić information content (AvgIpc) is 3.38. The standard InChI is InChI=1S/C19H17F2NO3S/c20-12-4-5-17(21)15(7-12)14-8-16(14)19(25)22-13-3-1-2-11(6-13)9-26-10-18(23)24/h1-7,14,16H,8-10H2,(H,22,25)(H,23,24). The van der Waals surface area contributed by atoms with E-state index in [1.807, 2.05) is 6.07 Å². The van der Waals surface area contributed by atoms with Crippen molar-refractivity contribution in [2.75, 3.05) is 11.1 Å². The van der Waals surface area contributed by atoms with Crippen molar-refractivity contribution in [3.05, 3.63) is 65.2 Å². The van der Waals surface area contributed by atoms with Gasteiger partial charge >= 0.3 is 5.97 Å². The molecule has 0 spiro atoms. The highest BCUT2D eigenvalue weighted by molar-refractivity contribution is 7.99. The van der Waals surface area contributed by atoms with Gasteiger partial charge in [-0.2, -0.15) is 0 Å². The summed E-state index contributed by atoms with van der Waals surface area (Å²) >= 11 is 1.27. The van der Waals surface area contributed by atoms with Gasteiger partial charge in [0.2, 0.25) is 5.91 Å². The molecule has 1 aliphatic rings. The molecule has 0 saturated heterocycles. The number of carbonyl (C=O) groups is 2. The first-order chi connectivity index (χ1) is 12.4. The fourth-order valence-electron chi connectivity index (χ4n) is 2.86. The number of carboxylic acid groups (broad SMARTS) is 1. The molecule has 1 fully saturated rings. The first-order valence-corrected chi connectivity index (χ1v) is 9.24. The Morgan fingerprint density at radius 2 is 2.00 bits per heavy atom. The van der Waals surface area contributed by atoms with Crippen LogP contribution in [0.5, 0.6) is 0 Å². The monoisotopic (exact) mass is 377 g/mol. The Morgan fingerprint density at radius 3 is 2.77 bits per heavy atom. The molecular weight excluding hydrogens is 360 g/mol. The number of amides is 1. The second-order valence-corrected chi connectivity index (χ2v) is 7.18. The van der Waals surface area contributed by atoms with Crippen LogP contribution in [0.15, 0.2) is 42.5 Å². The van der Waals surface area contributed by atoms with Crippen LogP contribution < -0.4 is 5.32 Å². The Hall–Kier alpha value is -2.41. The van der Waals surface area contributed by atoms with Crippen LogP contribution >= 0.6 is 11.8 Å². The number of thioether (sulfide) groups is 1. The van der Waals surface area contributed by atoms with Crippen molar-refractivity contribution in [1.82, 2.24) is 0 Å². The number of rotatable bonds is 7. The summed E-state index contributed by atoms with van der Waals surface area (Å²) in [5.74, 6) is -2.26. The van der Waals surface area contributed by atoms with E-state index in [1.165, 1.54) is 11.8 Å². The molecule has 0 heterocycles. The molecular formula is C19H17F2NO3S. The van der Waals surface area contributed by atoms with Gasteiger partial charge in [-0.3, -0.25) is 9.59 Å². The van der Waals surface area contributed by atoms with Gasteiger partial charge in [-0.25, -0.2) is 8.78 Å². The maximum Gasteiger partial charge on any atom is 0.313 e. The third-order valence-electron chi connectivity index (χ3n) is 4.17. The highest BCUT2D eigenvalue weighted by atomic mass is 32.2. The minimum Gasteiger partial charge on any atom is -0.481 e. The smallest absolute Gasteiger partial charge is 0.313 e. The van der Waals surface area contributed by atoms with E-state index in [1.54, 1.807) is 18.2 Å². The van der Waals surface area contributed by atoms with Crippen LogP contribution in [0.2, 0.25) is 0 Å². The molecule has 2 aromatic carbocycles. The third kappa shape index (κ3) is 4.60. The molecule has 3 rings (SSSR count). The van der Waals surface area contributed by atoms with Gasteiger partial charge in [-0.05, 0) is 53.8 Å². The number of benzene rings is 2. The molecule has 4 nitrogen and oxygen atoms in total. The fourth-order valence-corrected chi connectivity index (χ4v) is 3.55. The predicted octanol–water partition coefficient (Wildman–Crippen LogP) is 4.02. The molecule has 1 amide bonds. The normalized spacial score (nSPS) is 18.4. The maximum absolute atomic E-state index is 13.8. The van der Waals surface area contributed by atoms with Gasteiger partial charge in [0.05, 0.1) is 5.75 Å². The zero-order valence-electron chi connectivity index (χ0n) is 13.7. The lowest BCUT2D eigenvalue weighted by atomic mass is 10.1.